The monoisotopic (exact) mass is 416 g/mol. The van der Waals surface area contributed by atoms with Crippen molar-refractivity contribution in [2.24, 2.45) is 7.05 Å². The van der Waals surface area contributed by atoms with Crippen molar-refractivity contribution < 1.29 is 5.11 Å². The number of rotatable bonds is 2. The van der Waals surface area contributed by atoms with Gasteiger partial charge in [0, 0.05) is 60.3 Å². The van der Waals surface area contributed by atoms with Crippen LogP contribution >= 0.6 is 0 Å². The number of nitrogens with zero attached hydrogens (tertiary/aromatic N) is 5. The van der Waals surface area contributed by atoms with Crippen molar-refractivity contribution in [1.29, 1.82) is 0 Å². The number of pyridine rings is 2. The number of piperazine rings is 1. The molecule has 3 aromatic heterocycles. The quantitative estimate of drug-likeness (QED) is 0.519. The van der Waals surface area contributed by atoms with Gasteiger partial charge in [0.15, 0.2) is 5.65 Å². The smallest absolute Gasteiger partial charge is 0.160 e. The van der Waals surface area contributed by atoms with Crippen LogP contribution in [0, 0.1) is 13.8 Å². The van der Waals surface area contributed by atoms with Crippen LogP contribution in [0.5, 0.6) is 5.75 Å². The van der Waals surface area contributed by atoms with Crippen LogP contribution in [0.3, 0.4) is 0 Å². The molecule has 7 nitrogen and oxygen atoms in total. The molecule has 1 saturated heterocycles. The Morgan fingerprint density at radius 3 is 2.58 bits per heavy atom. The summed E-state index contributed by atoms with van der Waals surface area (Å²) in [6.45, 7) is 10.4. The first-order valence-corrected chi connectivity index (χ1v) is 10.8. The molecule has 2 N–H and O–H groups in total. The van der Waals surface area contributed by atoms with Crippen molar-refractivity contribution in [2.75, 3.05) is 18.0 Å². The van der Waals surface area contributed by atoms with Crippen LogP contribution in [0.25, 0.3) is 33.2 Å². The number of aromatic hydroxyl groups is 1. The van der Waals surface area contributed by atoms with Crippen molar-refractivity contribution in [1.82, 2.24) is 25.1 Å². The molecule has 2 atom stereocenters. The fraction of sp³-hybridized carbons (Fsp3) is 0.375. The topological polar surface area (TPSA) is 79.1 Å². The third-order valence-electron chi connectivity index (χ3n) is 6.27. The Kier molecular flexibility index (Phi) is 4.59. The van der Waals surface area contributed by atoms with Crippen LogP contribution in [0.15, 0.2) is 30.6 Å². The summed E-state index contributed by atoms with van der Waals surface area (Å²) < 4.78 is 1.76. The Morgan fingerprint density at radius 1 is 1.10 bits per heavy atom. The normalized spacial score (nSPS) is 19.5. The van der Waals surface area contributed by atoms with Crippen LogP contribution in [-0.2, 0) is 7.05 Å². The number of phenolic OH excluding ortho intramolecular Hbond substituents is 1. The second-order valence-electron chi connectivity index (χ2n) is 8.85. The second kappa shape index (κ2) is 7.20. The Bertz CT molecular complexity index is 1300. The van der Waals surface area contributed by atoms with Gasteiger partial charge in [0.2, 0.25) is 0 Å². The standard InChI is InChI=1S/C24H28N6O/c1-13-10-30(11-14(2)26-13)21-9-25-24-18(15(21)3)6-7-20(27-24)19-8-17-12-29(5)28-22(17)16(4)23(19)31/h6-9,12-14,26,31H,10-11H2,1-5H3/t13-,14-/m1/s1. The third kappa shape index (κ3) is 3.29. The summed E-state index contributed by atoms with van der Waals surface area (Å²) in [5.74, 6) is 0.218. The molecular formula is C24H28N6O. The number of hydrogen-bond acceptors (Lipinski definition) is 6. The van der Waals surface area contributed by atoms with Gasteiger partial charge in [0.1, 0.15) is 5.75 Å². The number of benzene rings is 1. The summed E-state index contributed by atoms with van der Waals surface area (Å²) in [7, 11) is 1.88. The summed E-state index contributed by atoms with van der Waals surface area (Å²) in [6.07, 6.45) is 3.89. The number of nitrogens with one attached hydrogen (secondary N) is 1. The molecule has 0 spiro atoms. The summed E-state index contributed by atoms with van der Waals surface area (Å²) in [6, 6.07) is 6.87. The minimum Gasteiger partial charge on any atom is -0.507 e. The first kappa shape index (κ1) is 19.8. The van der Waals surface area contributed by atoms with Crippen molar-refractivity contribution in [3.63, 3.8) is 0 Å². The molecule has 1 aliphatic heterocycles. The Morgan fingerprint density at radius 2 is 1.84 bits per heavy atom. The van der Waals surface area contributed by atoms with Gasteiger partial charge in [-0.1, -0.05) is 0 Å². The molecule has 1 aliphatic rings. The SMILES string of the molecule is Cc1c(N2C[C@@H](C)N[C@H](C)C2)cnc2nc(-c3cc4cn(C)nc4c(C)c3O)ccc12. The fourth-order valence-corrected chi connectivity index (χ4v) is 4.83. The van der Waals surface area contributed by atoms with Crippen LogP contribution in [0.1, 0.15) is 25.0 Å². The van der Waals surface area contributed by atoms with Gasteiger partial charge in [-0.05, 0) is 51.5 Å². The summed E-state index contributed by atoms with van der Waals surface area (Å²) in [5.41, 5.74) is 6.03. The predicted octanol–water partition coefficient (Wildman–Crippen LogP) is 3.69. The van der Waals surface area contributed by atoms with Gasteiger partial charge in [-0.2, -0.15) is 5.10 Å². The summed E-state index contributed by atoms with van der Waals surface area (Å²) in [4.78, 5) is 11.9. The highest BCUT2D eigenvalue weighted by atomic mass is 16.3. The van der Waals surface area contributed by atoms with Crippen LogP contribution < -0.4 is 10.2 Å². The van der Waals surface area contributed by atoms with E-state index in [1.807, 2.05) is 38.5 Å². The van der Waals surface area contributed by atoms with Gasteiger partial charge in [-0.3, -0.25) is 4.68 Å². The Balaban J connectivity index is 1.59. The maximum absolute atomic E-state index is 10.8. The van der Waals surface area contributed by atoms with E-state index in [1.54, 1.807) is 4.68 Å². The van der Waals surface area contributed by atoms with E-state index in [9.17, 15) is 5.11 Å². The maximum Gasteiger partial charge on any atom is 0.160 e. The number of hydrogen-bond donors (Lipinski definition) is 2. The number of phenols is 1. The van der Waals surface area contributed by atoms with Crippen molar-refractivity contribution >= 4 is 27.6 Å². The average Bonchev–Trinajstić information content (AvgIpc) is 3.10. The average molecular weight is 417 g/mol. The summed E-state index contributed by atoms with van der Waals surface area (Å²) >= 11 is 0. The van der Waals surface area contributed by atoms with Crippen molar-refractivity contribution in [3.8, 4) is 17.0 Å². The second-order valence-corrected chi connectivity index (χ2v) is 8.85. The molecule has 1 aromatic carbocycles. The van der Waals surface area contributed by atoms with Crippen molar-refractivity contribution in [2.45, 2.75) is 39.8 Å². The van der Waals surface area contributed by atoms with E-state index in [0.717, 1.165) is 40.6 Å². The zero-order chi connectivity index (χ0) is 21.9. The maximum atomic E-state index is 10.8. The van der Waals surface area contributed by atoms with Gasteiger partial charge in [0.05, 0.1) is 23.1 Å². The first-order chi connectivity index (χ1) is 14.8. The number of aromatic nitrogens is 4. The van der Waals surface area contributed by atoms with Gasteiger partial charge in [-0.25, -0.2) is 9.97 Å². The highest BCUT2D eigenvalue weighted by Crippen LogP contribution is 2.37. The highest BCUT2D eigenvalue weighted by molar-refractivity contribution is 5.92. The molecule has 0 radical (unpaired) electrons. The molecule has 7 heteroatoms. The van der Waals surface area contributed by atoms with E-state index >= 15 is 0 Å². The van der Waals surface area contributed by atoms with Crippen LogP contribution in [0.4, 0.5) is 5.69 Å². The van der Waals surface area contributed by atoms with E-state index in [0.29, 0.717) is 29.0 Å². The first-order valence-electron chi connectivity index (χ1n) is 10.8. The Labute approximate surface area is 181 Å². The zero-order valence-electron chi connectivity index (χ0n) is 18.6. The molecule has 0 unspecified atom stereocenters. The number of aryl methyl sites for hydroxylation is 3. The lowest BCUT2D eigenvalue weighted by Gasteiger charge is -2.38. The van der Waals surface area contributed by atoms with Gasteiger partial charge >= 0.3 is 0 Å². The third-order valence-corrected chi connectivity index (χ3v) is 6.27. The predicted molar refractivity (Wildman–Crippen MR) is 125 cm³/mol. The molecule has 160 valence electrons. The zero-order valence-corrected chi connectivity index (χ0v) is 18.6. The van der Waals surface area contributed by atoms with Gasteiger partial charge < -0.3 is 15.3 Å². The van der Waals surface area contributed by atoms with E-state index in [-0.39, 0.29) is 5.75 Å². The molecule has 4 aromatic rings. The molecule has 0 amide bonds. The number of anilines is 1. The molecule has 4 heterocycles. The molecule has 5 rings (SSSR count). The van der Waals surface area contributed by atoms with Crippen LogP contribution in [-0.4, -0.2) is 50.0 Å². The van der Waals surface area contributed by atoms with E-state index in [4.69, 9.17) is 9.97 Å². The molecule has 0 saturated carbocycles. The lowest BCUT2D eigenvalue weighted by molar-refractivity contribution is 0.406. The lowest BCUT2D eigenvalue weighted by atomic mass is 10.0. The minimum atomic E-state index is 0.218. The minimum absolute atomic E-state index is 0.218. The molecule has 1 fully saturated rings. The molecular weight excluding hydrogens is 388 g/mol. The van der Waals surface area contributed by atoms with Crippen LogP contribution in [0.2, 0.25) is 0 Å². The van der Waals surface area contributed by atoms with E-state index < -0.39 is 0 Å². The lowest BCUT2D eigenvalue weighted by Crippen LogP contribution is -2.54. The Hall–Kier alpha value is -3.19. The largest absolute Gasteiger partial charge is 0.507 e. The van der Waals surface area contributed by atoms with Gasteiger partial charge in [0.25, 0.3) is 0 Å². The summed E-state index contributed by atoms with van der Waals surface area (Å²) in [5, 5.41) is 20.9. The highest BCUT2D eigenvalue weighted by Gasteiger charge is 2.23. The molecule has 0 bridgehead atoms. The van der Waals surface area contributed by atoms with E-state index in [2.05, 4.69) is 42.2 Å². The van der Waals surface area contributed by atoms with Gasteiger partial charge in [-0.15, -0.1) is 0 Å². The molecule has 31 heavy (non-hydrogen) atoms. The fourth-order valence-electron chi connectivity index (χ4n) is 4.83. The van der Waals surface area contributed by atoms with E-state index in [1.165, 1.54) is 5.56 Å². The molecule has 0 aliphatic carbocycles. The number of fused-ring (bicyclic) bond motifs is 2. The van der Waals surface area contributed by atoms with Crippen molar-refractivity contribution in [3.05, 3.63) is 41.7 Å².